The number of likely N-dealkylation sites (tertiary alicyclic amines) is 1. The number of rotatable bonds is 8. The van der Waals surface area contributed by atoms with Crippen LogP contribution in [0.2, 0.25) is 0 Å². The van der Waals surface area contributed by atoms with Crippen LogP contribution in [-0.4, -0.2) is 47.8 Å². The normalized spacial score (nSPS) is 18.3. The van der Waals surface area contributed by atoms with Gasteiger partial charge >= 0.3 is 0 Å². The van der Waals surface area contributed by atoms with Crippen molar-refractivity contribution in [1.29, 1.82) is 0 Å². The lowest BCUT2D eigenvalue weighted by Gasteiger charge is -2.45. The summed E-state index contributed by atoms with van der Waals surface area (Å²) >= 11 is 0. The van der Waals surface area contributed by atoms with Crippen LogP contribution in [0.4, 0.5) is 5.69 Å². The second-order valence-corrected chi connectivity index (χ2v) is 10.8. The molecule has 1 aromatic heterocycles. The van der Waals surface area contributed by atoms with E-state index in [2.05, 4.69) is 54.1 Å². The number of nitrogens with zero attached hydrogens (tertiary/aromatic N) is 3. The number of piperidine rings is 1. The number of aromatic nitrogens is 1. The number of pyridine rings is 1. The average molecular weight is 462 g/mol. The van der Waals surface area contributed by atoms with Crippen LogP contribution >= 0.6 is 0 Å². The van der Waals surface area contributed by atoms with Crippen molar-refractivity contribution < 1.29 is 9.59 Å². The zero-order valence-electron chi connectivity index (χ0n) is 21.1. The zero-order chi connectivity index (χ0) is 24.2. The van der Waals surface area contributed by atoms with Gasteiger partial charge in [-0.1, -0.05) is 58.0 Å². The maximum absolute atomic E-state index is 13.0. The van der Waals surface area contributed by atoms with E-state index >= 15 is 0 Å². The van der Waals surface area contributed by atoms with Crippen LogP contribution in [0.15, 0.2) is 48.7 Å². The SMILES string of the molecule is CC(C)C(=O)CC1CCN(c2ccc(C(=O)N3CC([C@@H](c4ccccc4)C(C)C)C3)nc2)CC1. The number of amides is 1. The number of carbonyl (C=O) groups is 2. The largest absolute Gasteiger partial charge is 0.370 e. The van der Waals surface area contributed by atoms with Crippen molar-refractivity contribution in [3.05, 3.63) is 59.9 Å². The summed E-state index contributed by atoms with van der Waals surface area (Å²) in [4.78, 5) is 33.8. The van der Waals surface area contributed by atoms with E-state index in [0.717, 1.165) is 44.7 Å². The molecule has 0 spiro atoms. The van der Waals surface area contributed by atoms with E-state index in [1.165, 1.54) is 5.56 Å². The summed E-state index contributed by atoms with van der Waals surface area (Å²) in [6.07, 6.45) is 4.61. The first-order valence-electron chi connectivity index (χ1n) is 12.9. The van der Waals surface area contributed by atoms with E-state index in [9.17, 15) is 9.59 Å². The minimum absolute atomic E-state index is 0.0317. The molecule has 5 nitrogen and oxygen atoms in total. The summed E-state index contributed by atoms with van der Waals surface area (Å²) < 4.78 is 0. The van der Waals surface area contributed by atoms with Crippen LogP contribution in [0.5, 0.6) is 0 Å². The van der Waals surface area contributed by atoms with E-state index in [1.54, 1.807) is 0 Å². The Labute approximate surface area is 204 Å². The molecule has 0 aliphatic carbocycles. The molecular weight excluding hydrogens is 422 g/mol. The molecule has 0 saturated carbocycles. The molecule has 0 unspecified atom stereocenters. The van der Waals surface area contributed by atoms with E-state index < -0.39 is 0 Å². The maximum Gasteiger partial charge on any atom is 0.272 e. The van der Waals surface area contributed by atoms with Crippen LogP contribution in [0.25, 0.3) is 0 Å². The van der Waals surface area contributed by atoms with Crippen molar-refractivity contribution in [3.8, 4) is 0 Å². The number of hydrogen-bond acceptors (Lipinski definition) is 4. The van der Waals surface area contributed by atoms with Crippen molar-refractivity contribution >= 4 is 17.4 Å². The Bertz CT molecular complexity index is 957. The summed E-state index contributed by atoms with van der Waals surface area (Å²) in [5.41, 5.74) is 2.96. The van der Waals surface area contributed by atoms with Crippen molar-refractivity contribution in [2.24, 2.45) is 23.7 Å². The number of Topliss-reactive ketones (excluding diaryl/α,β-unsaturated/α-hetero) is 1. The van der Waals surface area contributed by atoms with Gasteiger partial charge in [0.1, 0.15) is 11.5 Å². The van der Waals surface area contributed by atoms with Crippen LogP contribution in [0.3, 0.4) is 0 Å². The average Bonchev–Trinajstić information content (AvgIpc) is 2.81. The third-order valence-corrected chi connectivity index (χ3v) is 7.69. The molecule has 1 atom stereocenters. The molecule has 2 aromatic rings. The first-order valence-corrected chi connectivity index (χ1v) is 12.9. The summed E-state index contributed by atoms with van der Waals surface area (Å²) in [6, 6.07) is 14.6. The molecule has 2 saturated heterocycles. The van der Waals surface area contributed by atoms with E-state index in [-0.39, 0.29) is 11.8 Å². The molecule has 0 radical (unpaired) electrons. The Hall–Kier alpha value is -2.69. The van der Waals surface area contributed by atoms with Crippen molar-refractivity contribution in [1.82, 2.24) is 9.88 Å². The van der Waals surface area contributed by atoms with Gasteiger partial charge in [-0.3, -0.25) is 9.59 Å². The smallest absolute Gasteiger partial charge is 0.272 e. The predicted octanol–water partition coefficient (Wildman–Crippen LogP) is 5.43. The van der Waals surface area contributed by atoms with Gasteiger partial charge in [-0.15, -0.1) is 0 Å². The molecule has 4 rings (SSSR count). The maximum atomic E-state index is 13.0. The highest BCUT2D eigenvalue weighted by Gasteiger charge is 2.38. The highest BCUT2D eigenvalue weighted by Crippen LogP contribution is 2.38. The third-order valence-electron chi connectivity index (χ3n) is 7.69. The summed E-state index contributed by atoms with van der Waals surface area (Å²) in [6.45, 7) is 12.0. The van der Waals surface area contributed by atoms with Gasteiger partial charge in [-0.25, -0.2) is 4.98 Å². The molecule has 34 heavy (non-hydrogen) atoms. The fourth-order valence-electron chi connectivity index (χ4n) is 5.56. The fourth-order valence-corrected chi connectivity index (χ4v) is 5.56. The molecule has 0 bridgehead atoms. The van der Waals surface area contributed by atoms with E-state index in [4.69, 9.17) is 0 Å². The molecule has 5 heteroatoms. The van der Waals surface area contributed by atoms with Gasteiger partial charge in [-0.05, 0) is 48.3 Å². The summed E-state index contributed by atoms with van der Waals surface area (Å²) in [5.74, 6) is 2.53. The second kappa shape index (κ2) is 10.7. The van der Waals surface area contributed by atoms with Crippen LogP contribution in [0, 0.1) is 23.7 Å². The number of hydrogen-bond donors (Lipinski definition) is 0. The Morgan fingerprint density at radius 1 is 0.971 bits per heavy atom. The lowest BCUT2D eigenvalue weighted by atomic mass is 9.74. The molecule has 2 aliphatic rings. The molecule has 2 fully saturated rings. The Morgan fingerprint density at radius 3 is 2.21 bits per heavy atom. The molecule has 182 valence electrons. The van der Waals surface area contributed by atoms with Gasteiger partial charge in [-0.2, -0.15) is 0 Å². The first kappa shape index (κ1) is 24.4. The number of carbonyl (C=O) groups excluding carboxylic acids is 2. The molecular formula is C29H39N3O2. The van der Waals surface area contributed by atoms with Crippen LogP contribution < -0.4 is 4.90 Å². The third kappa shape index (κ3) is 5.51. The van der Waals surface area contributed by atoms with Crippen LogP contribution in [-0.2, 0) is 4.79 Å². The van der Waals surface area contributed by atoms with Gasteiger partial charge in [0.2, 0.25) is 0 Å². The molecule has 1 amide bonds. The summed E-state index contributed by atoms with van der Waals surface area (Å²) in [5, 5.41) is 0. The standard InChI is InChI=1S/C29H39N3O2/c1-20(2)27(33)16-22-12-14-31(15-13-22)25-10-11-26(30-17-25)29(34)32-18-24(19-32)28(21(3)4)23-8-6-5-7-9-23/h5-11,17,20-22,24,28H,12-16,18-19H2,1-4H3/t28-/m1/s1. The minimum atomic E-state index is 0.0317. The minimum Gasteiger partial charge on any atom is -0.370 e. The lowest BCUT2D eigenvalue weighted by molar-refractivity contribution is -0.122. The number of benzene rings is 1. The second-order valence-electron chi connectivity index (χ2n) is 10.8. The number of ketones is 1. The molecule has 2 aliphatic heterocycles. The van der Waals surface area contributed by atoms with E-state index in [1.807, 2.05) is 37.1 Å². The highest BCUT2D eigenvalue weighted by atomic mass is 16.2. The fraction of sp³-hybridized carbons (Fsp3) is 0.552. The Kier molecular flexibility index (Phi) is 7.70. The highest BCUT2D eigenvalue weighted by molar-refractivity contribution is 5.93. The Balaban J connectivity index is 1.29. The summed E-state index contributed by atoms with van der Waals surface area (Å²) in [7, 11) is 0. The van der Waals surface area contributed by atoms with Crippen LogP contribution in [0.1, 0.15) is 68.9 Å². The predicted molar refractivity (Wildman–Crippen MR) is 137 cm³/mol. The zero-order valence-corrected chi connectivity index (χ0v) is 21.1. The quantitative estimate of drug-likeness (QED) is 0.526. The van der Waals surface area contributed by atoms with Crippen molar-refractivity contribution in [2.45, 2.75) is 52.9 Å². The van der Waals surface area contributed by atoms with Gasteiger partial charge in [0, 0.05) is 44.4 Å². The van der Waals surface area contributed by atoms with E-state index in [0.29, 0.717) is 41.6 Å². The molecule has 3 heterocycles. The van der Waals surface area contributed by atoms with Gasteiger partial charge in [0.25, 0.3) is 5.91 Å². The monoisotopic (exact) mass is 461 g/mol. The van der Waals surface area contributed by atoms with Gasteiger partial charge in [0.15, 0.2) is 0 Å². The lowest BCUT2D eigenvalue weighted by Crippen LogP contribution is -2.53. The van der Waals surface area contributed by atoms with Crippen molar-refractivity contribution in [2.75, 3.05) is 31.1 Å². The molecule has 0 N–H and O–H groups in total. The topological polar surface area (TPSA) is 53.5 Å². The Morgan fingerprint density at radius 2 is 1.65 bits per heavy atom. The first-order chi connectivity index (χ1) is 16.3. The van der Waals surface area contributed by atoms with Gasteiger partial charge in [0.05, 0.1) is 11.9 Å². The van der Waals surface area contributed by atoms with Gasteiger partial charge < -0.3 is 9.80 Å². The number of anilines is 1. The van der Waals surface area contributed by atoms with Crippen molar-refractivity contribution in [3.63, 3.8) is 0 Å². The molecule has 1 aromatic carbocycles.